The molecular weight excluding hydrogens is 328 g/mol. The Labute approximate surface area is 152 Å². The molecular formula is C19H22N6O. The minimum atomic E-state index is 0.594. The summed E-state index contributed by atoms with van der Waals surface area (Å²) in [7, 11) is 0. The number of anilines is 1. The highest BCUT2D eigenvalue weighted by molar-refractivity contribution is 5.51. The van der Waals surface area contributed by atoms with Crippen LogP contribution in [0.15, 0.2) is 47.4 Å². The van der Waals surface area contributed by atoms with Gasteiger partial charge in [0.1, 0.15) is 0 Å². The Kier molecular flexibility index (Phi) is 4.88. The quantitative estimate of drug-likeness (QED) is 0.716. The van der Waals surface area contributed by atoms with Gasteiger partial charge in [0, 0.05) is 61.7 Å². The Hall–Kier alpha value is -2.80. The van der Waals surface area contributed by atoms with Crippen molar-refractivity contribution in [2.24, 2.45) is 0 Å². The normalized spacial score (nSPS) is 15.8. The maximum atomic E-state index is 5.44. The first-order valence-corrected chi connectivity index (χ1v) is 8.91. The van der Waals surface area contributed by atoms with Crippen LogP contribution in [0.3, 0.4) is 0 Å². The predicted molar refractivity (Wildman–Crippen MR) is 98.6 cm³/mol. The van der Waals surface area contributed by atoms with Gasteiger partial charge in [-0.2, -0.15) is 4.98 Å². The lowest BCUT2D eigenvalue weighted by molar-refractivity contribution is 0.239. The third-order valence-electron chi connectivity index (χ3n) is 4.58. The van der Waals surface area contributed by atoms with E-state index in [9.17, 15) is 0 Å². The van der Waals surface area contributed by atoms with Crippen molar-refractivity contribution in [2.45, 2.75) is 19.9 Å². The fourth-order valence-corrected chi connectivity index (χ4v) is 3.24. The highest BCUT2D eigenvalue weighted by Gasteiger charge is 2.18. The molecule has 7 heteroatoms. The van der Waals surface area contributed by atoms with Crippen molar-refractivity contribution < 1.29 is 4.52 Å². The van der Waals surface area contributed by atoms with E-state index in [0.717, 1.165) is 43.9 Å². The monoisotopic (exact) mass is 350 g/mol. The molecule has 0 spiro atoms. The molecule has 0 atom stereocenters. The molecule has 4 heterocycles. The molecule has 26 heavy (non-hydrogen) atoms. The number of pyridine rings is 2. The van der Waals surface area contributed by atoms with Gasteiger partial charge >= 0.3 is 0 Å². The largest absolute Gasteiger partial charge is 0.370 e. The van der Waals surface area contributed by atoms with Gasteiger partial charge in [0.15, 0.2) is 0 Å². The van der Waals surface area contributed by atoms with Crippen LogP contribution in [0.2, 0.25) is 0 Å². The van der Waals surface area contributed by atoms with Gasteiger partial charge in [-0.3, -0.25) is 14.9 Å². The van der Waals surface area contributed by atoms with Crippen molar-refractivity contribution in [3.8, 4) is 11.4 Å². The van der Waals surface area contributed by atoms with Crippen LogP contribution < -0.4 is 4.90 Å². The van der Waals surface area contributed by atoms with Gasteiger partial charge in [-0.25, -0.2) is 0 Å². The zero-order chi connectivity index (χ0) is 17.8. The molecule has 0 N–H and O–H groups in total. The van der Waals surface area contributed by atoms with Gasteiger partial charge in [-0.1, -0.05) is 5.16 Å². The van der Waals surface area contributed by atoms with Crippen LogP contribution in [0.5, 0.6) is 0 Å². The number of hydrogen-bond acceptors (Lipinski definition) is 7. The van der Waals surface area contributed by atoms with Crippen molar-refractivity contribution >= 4 is 5.69 Å². The van der Waals surface area contributed by atoms with Gasteiger partial charge in [0.25, 0.3) is 0 Å². The molecule has 4 rings (SSSR count). The maximum absolute atomic E-state index is 5.44. The molecule has 0 aromatic carbocycles. The summed E-state index contributed by atoms with van der Waals surface area (Å²) in [6.45, 7) is 6.72. The zero-order valence-electron chi connectivity index (χ0n) is 14.9. The topological polar surface area (TPSA) is 71.2 Å². The molecule has 3 aromatic rings. The molecule has 3 aromatic heterocycles. The lowest BCUT2D eigenvalue weighted by atomic mass is 10.3. The zero-order valence-corrected chi connectivity index (χ0v) is 14.9. The van der Waals surface area contributed by atoms with Crippen LogP contribution in [0, 0.1) is 6.92 Å². The fourth-order valence-electron chi connectivity index (χ4n) is 3.24. The van der Waals surface area contributed by atoms with Crippen molar-refractivity contribution in [3.63, 3.8) is 0 Å². The smallest absolute Gasteiger partial charge is 0.241 e. The Morgan fingerprint density at radius 3 is 2.92 bits per heavy atom. The second kappa shape index (κ2) is 7.61. The minimum Gasteiger partial charge on any atom is -0.370 e. The van der Waals surface area contributed by atoms with E-state index < -0.39 is 0 Å². The summed E-state index contributed by atoms with van der Waals surface area (Å²) in [5, 5.41) is 4.08. The average molecular weight is 350 g/mol. The third kappa shape index (κ3) is 3.88. The summed E-state index contributed by atoms with van der Waals surface area (Å²) >= 11 is 0. The molecule has 0 amide bonds. The van der Waals surface area contributed by atoms with Gasteiger partial charge in [-0.05, 0) is 37.6 Å². The first kappa shape index (κ1) is 16.7. The van der Waals surface area contributed by atoms with Crippen molar-refractivity contribution in [2.75, 3.05) is 31.1 Å². The molecule has 1 aliphatic heterocycles. The van der Waals surface area contributed by atoms with Crippen LogP contribution in [0.25, 0.3) is 11.4 Å². The van der Waals surface area contributed by atoms with Crippen LogP contribution in [-0.4, -0.2) is 51.2 Å². The minimum absolute atomic E-state index is 0.594. The lowest BCUT2D eigenvalue weighted by Gasteiger charge is -2.23. The van der Waals surface area contributed by atoms with Gasteiger partial charge in [0.2, 0.25) is 11.7 Å². The van der Waals surface area contributed by atoms with E-state index in [2.05, 4.69) is 42.0 Å². The molecule has 0 unspecified atom stereocenters. The summed E-state index contributed by atoms with van der Waals surface area (Å²) < 4.78 is 5.44. The van der Waals surface area contributed by atoms with Crippen molar-refractivity contribution in [1.82, 2.24) is 25.0 Å². The first-order chi connectivity index (χ1) is 12.8. The second-order valence-corrected chi connectivity index (χ2v) is 6.53. The van der Waals surface area contributed by atoms with E-state index in [1.165, 1.54) is 5.69 Å². The number of aryl methyl sites for hydroxylation is 1. The van der Waals surface area contributed by atoms with Gasteiger partial charge < -0.3 is 9.42 Å². The van der Waals surface area contributed by atoms with Crippen LogP contribution >= 0.6 is 0 Å². The van der Waals surface area contributed by atoms with E-state index in [1.54, 1.807) is 12.4 Å². The van der Waals surface area contributed by atoms with E-state index in [1.807, 2.05) is 25.3 Å². The number of nitrogens with zero attached hydrogens (tertiary/aromatic N) is 6. The van der Waals surface area contributed by atoms with E-state index in [4.69, 9.17) is 4.52 Å². The van der Waals surface area contributed by atoms with Crippen LogP contribution in [-0.2, 0) is 6.54 Å². The molecule has 0 saturated carbocycles. The highest BCUT2D eigenvalue weighted by Crippen LogP contribution is 2.18. The van der Waals surface area contributed by atoms with E-state index >= 15 is 0 Å². The van der Waals surface area contributed by atoms with Gasteiger partial charge in [0.05, 0.1) is 6.54 Å². The molecule has 1 saturated heterocycles. The van der Waals surface area contributed by atoms with E-state index in [0.29, 0.717) is 18.3 Å². The summed E-state index contributed by atoms with van der Waals surface area (Å²) in [5.41, 5.74) is 3.17. The third-order valence-corrected chi connectivity index (χ3v) is 4.58. The van der Waals surface area contributed by atoms with Crippen molar-refractivity contribution in [1.29, 1.82) is 0 Å². The maximum Gasteiger partial charge on any atom is 0.241 e. The average Bonchev–Trinajstić information content (AvgIpc) is 3.00. The summed E-state index contributed by atoms with van der Waals surface area (Å²) in [6.07, 6.45) is 6.46. The van der Waals surface area contributed by atoms with Crippen molar-refractivity contribution in [3.05, 3.63) is 54.4 Å². The molecule has 0 radical (unpaired) electrons. The predicted octanol–water partition coefficient (Wildman–Crippen LogP) is 2.55. The molecule has 1 fully saturated rings. The first-order valence-electron chi connectivity index (χ1n) is 8.91. The Bertz CT molecular complexity index is 850. The van der Waals surface area contributed by atoms with Crippen LogP contribution in [0.4, 0.5) is 5.69 Å². The fraction of sp³-hybridized carbons (Fsp3) is 0.368. The Morgan fingerprint density at radius 1 is 1.12 bits per heavy atom. The molecule has 0 bridgehead atoms. The van der Waals surface area contributed by atoms with E-state index in [-0.39, 0.29) is 0 Å². The number of aromatic nitrogens is 4. The summed E-state index contributed by atoms with van der Waals surface area (Å²) in [4.78, 5) is 17.7. The highest BCUT2D eigenvalue weighted by atomic mass is 16.5. The SMILES string of the molecule is Cc1cc(N2CCCN(Cc3nc(-c4cccnc4)no3)CC2)ccn1. The standard InChI is InChI=1S/C19H22N6O/c1-15-12-17(5-7-21-15)25-9-3-8-24(10-11-25)14-18-22-19(23-26-18)16-4-2-6-20-13-16/h2,4-7,12-13H,3,8-11,14H2,1H3. The summed E-state index contributed by atoms with van der Waals surface area (Å²) in [5.74, 6) is 1.24. The Balaban J connectivity index is 1.38. The molecule has 134 valence electrons. The summed E-state index contributed by atoms with van der Waals surface area (Å²) in [6, 6.07) is 8.03. The van der Waals surface area contributed by atoms with Gasteiger partial charge in [-0.15, -0.1) is 0 Å². The number of rotatable bonds is 4. The Morgan fingerprint density at radius 2 is 2.08 bits per heavy atom. The van der Waals surface area contributed by atoms with Crippen LogP contribution in [0.1, 0.15) is 18.0 Å². The molecule has 7 nitrogen and oxygen atoms in total. The second-order valence-electron chi connectivity index (χ2n) is 6.53. The lowest BCUT2D eigenvalue weighted by Crippen LogP contribution is -2.30. The number of hydrogen-bond donors (Lipinski definition) is 0. The molecule has 0 aliphatic carbocycles. The molecule has 1 aliphatic rings.